The predicted octanol–water partition coefficient (Wildman–Crippen LogP) is 3.98. The number of benzene rings is 1. The molecule has 0 aliphatic carbocycles. The maximum absolute atomic E-state index is 12.4. The van der Waals surface area contributed by atoms with Crippen LogP contribution in [0.25, 0.3) is 0 Å². The van der Waals surface area contributed by atoms with Gasteiger partial charge in [0.05, 0.1) is 0 Å². The minimum atomic E-state index is -0.0533. The first-order valence-electron chi connectivity index (χ1n) is 6.73. The molecule has 1 rings (SSSR count). The lowest BCUT2D eigenvalue weighted by atomic mass is 9.83. The summed E-state index contributed by atoms with van der Waals surface area (Å²) in [4.78, 5) is 12.4. The summed E-state index contributed by atoms with van der Waals surface area (Å²) in [6, 6.07) is 7.76. The molecule has 0 bridgehead atoms. The molecular weight excluding hydrogens is 258 g/mol. The van der Waals surface area contributed by atoms with Crippen molar-refractivity contribution in [1.29, 1.82) is 0 Å². The zero-order valence-electron chi connectivity index (χ0n) is 12.5. The van der Waals surface area contributed by atoms with Gasteiger partial charge in [0.15, 0.2) is 0 Å². The quantitative estimate of drug-likeness (QED) is 0.831. The van der Waals surface area contributed by atoms with Crippen LogP contribution in [0.15, 0.2) is 24.3 Å². The molecule has 0 fully saturated rings. The van der Waals surface area contributed by atoms with Gasteiger partial charge in [0.25, 0.3) is 5.91 Å². The monoisotopic (exact) mass is 281 g/mol. The van der Waals surface area contributed by atoms with Crippen LogP contribution in [0.4, 0.5) is 0 Å². The van der Waals surface area contributed by atoms with E-state index in [0.717, 1.165) is 11.1 Å². The zero-order valence-corrected chi connectivity index (χ0v) is 13.2. The Bertz CT molecular complexity index is 435. The highest BCUT2D eigenvalue weighted by molar-refractivity contribution is 6.18. The summed E-state index contributed by atoms with van der Waals surface area (Å²) in [5.41, 5.74) is 1.75. The van der Waals surface area contributed by atoms with Gasteiger partial charge in [0.1, 0.15) is 0 Å². The molecule has 0 aliphatic rings. The van der Waals surface area contributed by atoms with E-state index in [2.05, 4.69) is 39.9 Å². The fourth-order valence-electron chi connectivity index (χ4n) is 1.96. The summed E-state index contributed by atoms with van der Waals surface area (Å²) in [6.45, 7) is 10.5. The minimum absolute atomic E-state index is 0.00203. The summed E-state index contributed by atoms with van der Waals surface area (Å²) in [6.07, 6.45) is 0. The third kappa shape index (κ3) is 4.24. The van der Waals surface area contributed by atoms with E-state index in [0.29, 0.717) is 11.8 Å². The predicted molar refractivity (Wildman–Crippen MR) is 82.0 cm³/mol. The minimum Gasteiger partial charge on any atom is -0.348 e. The van der Waals surface area contributed by atoms with Gasteiger partial charge in [0.2, 0.25) is 0 Å². The van der Waals surface area contributed by atoms with E-state index < -0.39 is 0 Å². The van der Waals surface area contributed by atoms with E-state index >= 15 is 0 Å². The van der Waals surface area contributed by atoms with Gasteiger partial charge in [-0.25, -0.2) is 0 Å². The first-order valence-corrected chi connectivity index (χ1v) is 7.27. The number of halogens is 1. The summed E-state index contributed by atoms with van der Waals surface area (Å²) in [5.74, 6) is 0.717. The third-order valence-corrected chi connectivity index (χ3v) is 3.60. The van der Waals surface area contributed by atoms with Crippen molar-refractivity contribution in [1.82, 2.24) is 5.32 Å². The summed E-state index contributed by atoms with van der Waals surface area (Å²) in [7, 11) is 0. The smallest absolute Gasteiger partial charge is 0.251 e. The molecule has 3 heteroatoms. The Kier molecular flexibility index (Phi) is 5.42. The Balaban J connectivity index is 3.01. The second-order valence-corrected chi connectivity index (χ2v) is 6.58. The number of alkyl halides is 1. The van der Waals surface area contributed by atoms with Crippen LogP contribution in [0.1, 0.15) is 50.5 Å². The molecule has 0 heterocycles. The molecular formula is C16H24ClNO. The average Bonchev–Trinajstić information content (AvgIpc) is 2.34. The van der Waals surface area contributed by atoms with Gasteiger partial charge in [0, 0.05) is 17.5 Å². The second kappa shape index (κ2) is 6.42. The van der Waals surface area contributed by atoms with Gasteiger partial charge in [-0.15, -0.1) is 11.6 Å². The molecule has 1 aromatic carbocycles. The Hall–Kier alpha value is -1.02. The largest absolute Gasteiger partial charge is 0.348 e. The Morgan fingerprint density at radius 2 is 1.84 bits per heavy atom. The lowest BCUT2D eigenvalue weighted by molar-refractivity contribution is 0.0929. The van der Waals surface area contributed by atoms with Crippen molar-refractivity contribution >= 4 is 17.5 Å². The fourth-order valence-corrected chi connectivity index (χ4v) is 2.40. The lowest BCUT2D eigenvalue weighted by Gasteiger charge is -2.25. The van der Waals surface area contributed by atoms with Crippen LogP contribution in [0.3, 0.4) is 0 Å². The highest BCUT2D eigenvalue weighted by Gasteiger charge is 2.23. The maximum atomic E-state index is 12.4. The maximum Gasteiger partial charge on any atom is 0.251 e. The van der Waals surface area contributed by atoms with Gasteiger partial charge in [-0.05, 0) is 23.0 Å². The van der Waals surface area contributed by atoms with Crippen LogP contribution in [0, 0.1) is 5.92 Å². The molecule has 0 saturated heterocycles. The number of amides is 1. The number of carbonyl (C=O) groups is 1. The highest BCUT2D eigenvalue weighted by atomic mass is 35.5. The summed E-state index contributed by atoms with van der Waals surface area (Å²) < 4.78 is 0. The van der Waals surface area contributed by atoms with E-state index in [1.807, 2.05) is 24.3 Å². The summed E-state index contributed by atoms with van der Waals surface area (Å²) in [5, 5.41) is 3.02. The number of nitrogens with one attached hydrogen (secondary N) is 1. The van der Waals surface area contributed by atoms with Crippen molar-refractivity contribution in [2.45, 2.75) is 46.1 Å². The fraction of sp³-hybridized carbons (Fsp3) is 0.562. The SMILES string of the molecule is CC(C)C(CCl)NC(=O)c1ccccc1C(C)(C)C. The van der Waals surface area contributed by atoms with Crippen LogP contribution in [0.2, 0.25) is 0 Å². The zero-order chi connectivity index (χ0) is 14.6. The lowest BCUT2D eigenvalue weighted by Crippen LogP contribution is -2.40. The summed E-state index contributed by atoms with van der Waals surface area (Å²) >= 11 is 5.91. The third-order valence-electron chi connectivity index (χ3n) is 3.27. The Morgan fingerprint density at radius 1 is 1.26 bits per heavy atom. The molecule has 0 aliphatic heterocycles. The van der Waals surface area contributed by atoms with E-state index in [4.69, 9.17) is 11.6 Å². The van der Waals surface area contributed by atoms with E-state index in [-0.39, 0.29) is 17.4 Å². The molecule has 0 saturated carbocycles. The number of hydrogen-bond donors (Lipinski definition) is 1. The molecule has 106 valence electrons. The van der Waals surface area contributed by atoms with Gasteiger partial charge in [-0.2, -0.15) is 0 Å². The van der Waals surface area contributed by atoms with Gasteiger partial charge >= 0.3 is 0 Å². The molecule has 0 radical (unpaired) electrons. The molecule has 19 heavy (non-hydrogen) atoms. The molecule has 1 aromatic rings. The van der Waals surface area contributed by atoms with Crippen molar-refractivity contribution in [2.75, 3.05) is 5.88 Å². The molecule has 2 nitrogen and oxygen atoms in total. The van der Waals surface area contributed by atoms with Gasteiger partial charge < -0.3 is 5.32 Å². The number of carbonyl (C=O) groups excluding carboxylic acids is 1. The average molecular weight is 282 g/mol. The molecule has 0 spiro atoms. The number of rotatable bonds is 4. The Morgan fingerprint density at radius 3 is 2.32 bits per heavy atom. The van der Waals surface area contributed by atoms with Crippen LogP contribution in [-0.2, 0) is 5.41 Å². The van der Waals surface area contributed by atoms with E-state index in [1.54, 1.807) is 0 Å². The van der Waals surface area contributed by atoms with Crippen molar-refractivity contribution in [3.63, 3.8) is 0 Å². The molecule has 1 unspecified atom stereocenters. The van der Waals surface area contributed by atoms with Crippen molar-refractivity contribution in [3.8, 4) is 0 Å². The van der Waals surface area contributed by atoms with E-state index in [9.17, 15) is 4.79 Å². The van der Waals surface area contributed by atoms with Gasteiger partial charge in [-0.1, -0.05) is 52.8 Å². The van der Waals surface area contributed by atoms with Gasteiger partial charge in [-0.3, -0.25) is 4.79 Å². The topological polar surface area (TPSA) is 29.1 Å². The first-order chi connectivity index (χ1) is 8.77. The van der Waals surface area contributed by atoms with E-state index in [1.165, 1.54) is 0 Å². The van der Waals surface area contributed by atoms with Crippen molar-refractivity contribution in [3.05, 3.63) is 35.4 Å². The van der Waals surface area contributed by atoms with Crippen molar-refractivity contribution in [2.24, 2.45) is 5.92 Å². The second-order valence-electron chi connectivity index (χ2n) is 6.27. The first kappa shape index (κ1) is 16.0. The molecule has 1 N–H and O–H groups in total. The van der Waals surface area contributed by atoms with Crippen LogP contribution in [0.5, 0.6) is 0 Å². The molecule has 1 amide bonds. The molecule has 1 atom stereocenters. The van der Waals surface area contributed by atoms with Crippen LogP contribution < -0.4 is 5.32 Å². The highest BCUT2D eigenvalue weighted by Crippen LogP contribution is 2.25. The van der Waals surface area contributed by atoms with Crippen LogP contribution >= 0.6 is 11.6 Å². The number of hydrogen-bond acceptors (Lipinski definition) is 1. The normalized spacial score (nSPS) is 13.4. The standard InChI is InChI=1S/C16H24ClNO/c1-11(2)14(10-17)18-15(19)12-8-6-7-9-13(12)16(3,4)5/h6-9,11,14H,10H2,1-5H3,(H,18,19). The van der Waals surface area contributed by atoms with Crippen LogP contribution in [-0.4, -0.2) is 17.8 Å². The van der Waals surface area contributed by atoms with Crippen molar-refractivity contribution < 1.29 is 4.79 Å². The molecule has 0 aromatic heterocycles. The Labute approximate surface area is 121 Å².